The van der Waals surface area contributed by atoms with Gasteiger partial charge in [-0.2, -0.15) is 0 Å². The number of aliphatic hydroxyl groups is 3. The van der Waals surface area contributed by atoms with Gasteiger partial charge < -0.3 is 61.7 Å². The molecule has 2 heterocycles. The Morgan fingerprint density at radius 1 is 1.12 bits per heavy atom. The molecule has 0 aromatic carbocycles. The van der Waals surface area contributed by atoms with Crippen molar-refractivity contribution in [3.8, 4) is 0 Å². The normalized spacial score (nSPS) is 45.5. The number of hydrogen-bond donors (Lipinski definition) is 8. The first-order chi connectivity index (χ1) is 16.1. The van der Waals surface area contributed by atoms with Gasteiger partial charge in [0.05, 0.1) is 25.2 Å². The molecule has 198 valence electrons. The average molecular weight is 490 g/mol. The fourth-order valence-electron chi connectivity index (χ4n) is 5.01. The Hall–Kier alpha value is -0.900. The van der Waals surface area contributed by atoms with Gasteiger partial charge in [-0.05, 0) is 46.5 Å². The monoisotopic (exact) mass is 489 g/mol. The highest BCUT2D eigenvalue weighted by Crippen LogP contribution is 2.31. The molecule has 0 spiro atoms. The van der Waals surface area contributed by atoms with E-state index in [0.717, 1.165) is 5.76 Å². The minimum Gasteiger partial charge on any atom is -0.467 e. The van der Waals surface area contributed by atoms with Gasteiger partial charge in [0.2, 0.25) is 6.29 Å². The molecule has 10 N–H and O–H groups in total. The zero-order valence-electron chi connectivity index (χ0n) is 20.5. The number of nitrogens with two attached hydrogens (primary N) is 2. The molecule has 12 heteroatoms. The van der Waals surface area contributed by atoms with Gasteiger partial charge in [-0.15, -0.1) is 0 Å². The molecule has 0 amide bonds. The van der Waals surface area contributed by atoms with Crippen molar-refractivity contribution in [1.29, 1.82) is 0 Å². The van der Waals surface area contributed by atoms with Crippen molar-refractivity contribution in [3.63, 3.8) is 0 Å². The summed E-state index contributed by atoms with van der Waals surface area (Å²) >= 11 is 0. The van der Waals surface area contributed by atoms with Gasteiger partial charge >= 0.3 is 0 Å². The fourth-order valence-corrected chi connectivity index (χ4v) is 5.01. The molecule has 0 radical (unpaired) electrons. The van der Waals surface area contributed by atoms with Crippen LogP contribution in [0.3, 0.4) is 0 Å². The average Bonchev–Trinajstić information content (AvgIpc) is 2.77. The quantitative estimate of drug-likeness (QED) is 0.165. The van der Waals surface area contributed by atoms with E-state index in [9.17, 15) is 15.3 Å². The van der Waals surface area contributed by atoms with E-state index >= 15 is 0 Å². The van der Waals surface area contributed by atoms with Crippen LogP contribution in [0.2, 0.25) is 0 Å². The summed E-state index contributed by atoms with van der Waals surface area (Å²) in [6.45, 7) is 4.65. The van der Waals surface area contributed by atoms with Crippen molar-refractivity contribution in [3.05, 3.63) is 11.8 Å². The van der Waals surface area contributed by atoms with Gasteiger partial charge in [0.1, 0.15) is 35.8 Å². The molecule has 1 saturated heterocycles. The van der Waals surface area contributed by atoms with Gasteiger partial charge in [0.25, 0.3) is 0 Å². The molecular weight excluding hydrogens is 446 g/mol. The smallest absolute Gasteiger partial charge is 0.215 e. The molecule has 0 unspecified atom stereocenters. The minimum atomic E-state index is -1.28. The zero-order chi connectivity index (χ0) is 25.0. The summed E-state index contributed by atoms with van der Waals surface area (Å²) in [5, 5.41) is 41.9. The van der Waals surface area contributed by atoms with Crippen LogP contribution in [-0.4, -0.2) is 116 Å². The maximum Gasteiger partial charge on any atom is 0.215 e. The molecule has 1 saturated carbocycles. The first-order valence-electron chi connectivity index (χ1n) is 12.1. The van der Waals surface area contributed by atoms with Crippen LogP contribution < -0.4 is 27.4 Å². The molecule has 0 bridgehead atoms. The van der Waals surface area contributed by atoms with Gasteiger partial charge in [0.15, 0.2) is 6.29 Å². The number of nitrogens with one attached hydrogen (secondary N) is 3. The summed E-state index contributed by atoms with van der Waals surface area (Å²) in [7, 11) is 3.46. The predicted octanol–water partition coefficient (Wildman–Crippen LogP) is -2.94. The van der Waals surface area contributed by atoms with E-state index in [1.54, 1.807) is 14.0 Å². The maximum absolute atomic E-state index is 11.3. The summed E-state index contributed by atoms with van der Waals surface area (Å²) in [6, 6.07) is -1.89. The van der Waals surface area contributed by atoms with Crippen molar-refractivity contribution >= 4 is 0 Å². The predicted molar refractivity (Wildman–Crippen MR) is 125 cm³/mol. The van der Waals surface area contributed by atoms with E-state index in [4.69, 9.17) is 30.4 Å². The molecule has 2 aliphatic heterocycles. The van der Waals surface area contributed by atoms with Crippen LogP contribution in [0.25, 0.3) is 0 Å². The molecular formula is C22H43N5O7. The summed E-state index contributed by atoms with van der Waals surface area (Å²) < 4.78 is 23.8. The second-order valence-corrected chi connectivity index (χ2v) is 9.64. The molecule has 11 atom stereocenters. The van der Waals surface area contributed by atoms with Crippen LogP contribution in [0.15, 0.2) is 11.8 Å². The van der Waals surface area contributed by atoms with Crippen LogP contribution in [0.1, 0.15) is 26.7 Å². The molecule has 3 aliphatic rings. The van der Waals surface area contributed by atoms with E-state index < -0.39 is 60.7 Å². The Balaban J connectivity index is 1.74. The summed E-state index contributed by atoms with van der Waals surface area (Å²) in [5.74, 6) is 0.718. The van der Waals surface area contributed by atoms with Crippen LogP contribution >= 0.6 is 0 Å². The number of likely N-dealkylation sites (N-methyl/N-ethyl adjacent to an activating group) is 3. The van der Waals surface area contributed by atoms with Gasteiger partial charge in [0, 0.05) is 12.1 Å². The van der Waals surface area contributed by atoms with E-state index in [0.29, 0.717) is 25.9 Å². The first kappa shape index (κ1) is 27.7. The maximum atomic E-state index is 11.3. The highest BCUT2D eigenvalue weighted by molar-refractivity contribution is 5.05. The van der Waals surface area contributed by atoms with Crippen molar-refractivity contribution < 1.29 is 34.3 Å². The Kier molecular flexibility index (Phi) is 9.68. The molecule has 3 rings (SSSR count). The zero-order valence-corrected chi connectivity index (χ0v) is 20.5. The Bertz CT molecular complexity index is 684. The third-order valence-electron chi connectivity index (χ3n) is 6.79. The number of aliphatic hydroxyl groups excluding tert-OH is 2. The number of rotatable bonds is 9. The van der Waals surface area contributed by atoms with Crippen molar-refractivity contribution in [2.24, 2.45) is 11.5 Å². The molecule has 34 heavy (non-hydrogen) atoms. The van der Waals surface area contributed by atoms with Crippen LogP contribution in [0.4, 0.5) is 0 Å². The van der Waals surface area contributed by atoms with Crippen molar-refractivity contribution in [1.82, 2.24) is 16.0 Å². The molecule has 12 nitrogen and oxygen atoms in total. The Labute approximate surface area is 201 Å². The molecule has 1 aliphatic carbocycles. The molecule has 2 fully saturated rings. The molecule has 0 aromatic heterocycles. The van der Waals surface area contributed by atoms with Crippen LogP contribution in [0.5, 0.6) is 0 Å². The number of ether oxygens (including phenoxy) is 4. The second kappa shape index (κ2) is 11.9. The Morgan fingerprint density at radius 3 is 2.47 bits per heavy atom. The van der Waals surface area contributed by atoms with E-state index in [1.165, 1.54) is 0 Å². The lowest BCUT2D eigenvalue weighted by molar-refractivity contribution is -0.304. The highest BCUT2D eigenvalue weighted by Gasteiger charge is 2.51. The lowest BCUT2D eigenvalue weighted by Gasteiger charge is -2.49. The fraction of sp³-hybridized carbons (Fsp3) is 0.909. The van der Waals surface area contributed by atoms with Crippen LogP contribution in [-0.2, 0) is 18.9 Å². The number of hydrogen-bond acceptors (Lipinski definition) is 12. The van der Waals surface area contributed by atoms with Crippen LogP contribution in [0, 0.1) is 0 Å². The van der Waals surface area contributed by atoms with E-state index in [-0.39, 0.29) is 12.6 Å². The Morgan fingerprint density at radius 2 is 1.82 bits per heavy atom. The standard InChI is InChI=1S/C22H43N5O7/c1-5-27-14-8-13(24)17(33-20-12(23)7-6-11(32-20)9-25-3)15(28)18(14)34-21-16(29)19(26-4)22(2,30)10-31-21/h6,12-21,25-30H,5,7-10,23-24H2,1-4H3/t12-,13+,14-,15-,16-,17-,18+,19-,20-,21-,22+/m1/s1. The molecule has 0 aromatic rings. The summed E-state index contributed by atoms with van der Waals surface area (Å²) in [6.07, 6.45) is -2.80. The van der Waals surface area contributed by atoms with Crippen molar-refractivity contribution in [2.75, 3.05) is 33.8 Å². The first-order valence-corrected chi connectivity index (χ1v) is 12.1. The third kappa shape index (κ3) is 6.08. The minimum absolute atomic E-state index is 0.0420. The largest absolute Gasteiger partial charge is 0.467 e. The summed E-state index contributed by atoms with van der Waals surface area (Å²) in [5.41, 5.74) is 11.4. The SMILES string of the molecule is CCN[C@@H]1C[C@H](N)[C@@H](O[C@H]2OC(CNC)=CC[C@H]2N)[C@@H](O)[C@H]1O[C@H]1OC[C@](C)(O)[C@H](NC)[C@H]1O. The second-order valence-electron chi connectivity index (χ2n) is 9.64. The highest BCUT2D eigenvalue weighted by atomic mass is 16.7. The lowest BCUT2D eigenvalue weighted by atomic mass is 9.83. The van der Waals surface area contributed by atoms with E-state index in [2.05, 4.69) is 16.0 Å². The topological polar surface area (TPSA) is 186 Å². The lowest BCUT2D eigenvalue weighted by Crippen LogP contribution is -2.69. The van der Waals surface area contributed by atoms with Crippen molar-refractivity contribution in [2.45, 2.75) is 93.5 Å². The summed E-state index contributed by atoms with van der Waals surface area (Å²) in [4.78, 5) is 0. The third-order valence-corrected chi connectivity index (χ3v) is 6.79. The van der Waals surface area contributed by atoms with Gasteiger partial charge in [-0.25, -0.2) is 0 Å². The van der Waals surface area contributed by atoms with Gasteiger partial charge in [-0.1, -0.05) is 6.92 Å². The van der Waals surface area contributed by atoms with Gasteiger partial charge in [-0.3, -0.25) is 0 Å². The van der Waals surface area contributed by atoms with E-state index in [1.807, 2.05) is 20.0 Å².